The Hall–Kier alpha value is -1.50. The first-order valence-electron chi connectivity index (χ1n) is 3.56. The molecule has 0 saturated carbocycles. The molecule has 51 valence electrons. The number of benzene rings is 2. The van der Waals surface area contributed by atoms with Gasteiger partial charge < -0.3 is 4.42 Å². The zero-order valence-electron chi connectivity index (χ0n) is 5.79. The quantitative estimate of drug-likeness (QED) is 0.469. The summed E-state index contributed by atoms with van der Waals surface area (Å²) in [4.78, 5) is 0. The predicted octanol–water partition coefficient (Wildman–Crippen LogP) is 2.82. The Bertz CT molecular complexity index is 448. The van der Waals surface area contributed by atoms with Gasteiger partial charge in [0.05, 0.1) is 0 Å². The first-order valence-corrected chi connectivity index (χ1v) is 3.56. The van der Waals surface area contributed by atoms with Crippen LogP contribution in [0.25, 0.3) is 21.9 Å². The van der Waals surface area contributed by atoms with Gasteiger partial charge in [-0.25, -0.2) is 0 Å². The molecule has 0 saturated heterocycles. The summed E-state index contributed by atoms with van der Waals surface area (Å²) in [6.07, 6.45) is 0. The van der Waals surface area contributed by atoms with Crippen LogP contribution in [0.5, 0.6) is 0 Å². The highest BCUT2D eigenvalue weighted by atomic mass is 16.3. The largest absolute Gasteiger partial charge is 0.456 e. The molecule has 2 aromatic heterocycles. The summed E-state index contributed by atoms with van der Waals surface area (Å²) < 4.78 is 5.43. The van der Waals surface area contributed by atoms with Crippen molar-refractivity contribution in [1.82, 2.24) is 0 Å². The first-order chi connectivity index (χ1) is 5.45. The molecule has 1 nitrogen and oxygen atoms in total. The molecule has 1 radical (unpaired) electrons. The zero-order valence-corrected chi connectivity index (χ0v) is 5.79. The Labute approximate surface area is 63.6 Å². The maximum Gasteiger partial charge on any atom is 0.136 e. The van der Waals surface area contributed by atoms with E-state index in [2.05, 4.69) is 12.1 Å². The summed E-state index contributed by atoms with van der Waals surface area (Å²) in [7, 11) is 0. The first kappa shape index (κ1) is 5.19. The van der Waals surface area contributed by atoms with E-state index in [9.17, 15) is 0 Å². The van der Waals surface area contributed by atoms with E-state index in [1.54, 1.807) is 0 Å². The molecule has 0 aliphatic rings. The van der Waals surface area contributed by atoms with Crippen LogP contribution < -0.4 is 0 Å². The van der Waals surface area contributed by atoms with Crippen LogP contribution in [-0.2, 0) is 0 Å². The molecule has 3 rings (SSSR count). The Morgan fingerprint density at radius 1 is 1.09 bits per heavy atom. The van der Waals surface area contributed by atoms with Crippen LogP contribution >= 0.6 is 0 Å². The van der Waals surface area contributed by atoms with E-state index in [-0.39, 0.29) is 0 Å². The zero-order chi connectivity index (χ0) is 7.26. The summed E-state index contributed by atoms with van der Waals surface area (Å²) in [5.41, 5.74) is 1.91. The lowest BCUT2D eigenvalue weighted by Crippen LogP contribution is -1.65. The lowest BCUT2D eigenvalue weighted by Gasteiger charge is -1.86. The highest BCUT2D eigenvalue weighted by molar-refractivity contribution is 6.06. The maximum absolute atomic E-state index is 5.43. The van der Waals surface area contributed by atoms with E-state index >= 15 is 0 Å². The monoisotopic (exact) mass is 141 g/mol. The maximum atomic E-state index is 5.43. The van der Waals surface area contributed by atoms with E-state index in [0.717, 1.165) is 16.6 Å². The Morgan fingerprint density at radius 2 is 2.00 bits per heavy atom. The van der Waals surface area contributed by atoms with Crippen molar-refractivity contribution in [2.24, 2.45) is 0 Å². The van der Waals surface area contributed by atoms with Crippen molar-refractivity contribution < 1.29 is 4.42 Å². The minimum Gasteiger partial charge on any atom is -0.456 e. The molecule has 11 heavy (non-hydrogen) atoms. The van der Waals surface area contributed by atoms with E-state index in [1.807, 2.05) is 24.3 Å². The van der Waals surface area contributed by atoms with Crippen molar-refractivity contribution in [2.45, 2.75) is 0 Å². The molecular weight excluding hydrogens is 136 g/mol. The molecule has 0 unspecified atom stereocenters. The third-order valence-corrected chi connectivity index (χ3v) is 1.97. The third kappa shape index (κ3) is 0.511. The van der Waals surface area contributed by atoms with Crippen LogP contribution in [0.3, 0.4) is 0 Å². The van der Waals surface area contributed by atoms with Gasteiger partial charge in [0.2, 0.25) is 0 Å². The van der Waals surface area contributed by atoms with Crippen LogP contribution in [-0.4, -0.2) is 0 Å². The molecule has 0 fully saturated rings. The van der Waals surface area contributed by atoms with Crippen molar-refractivity contribution in [3.63, 3.8) is 0 Å². The SMILES string of the molecule is [c]1cccc2c3ccc(o3)c12. The molecule has 0 aliphatic heterocycles. The lowest BCUT2D eigenvalue weighted by atomic mass is 10.1. The molecule has 2 heterocycles. The minimum absolute atomic E-state index is 0.940. The fourth-order valence-corrected chi connectivity index (χ4v) is 1.46. The van der Waals surface area contributed by atoms with Gasteiger partial charge in [-0.05, 0) is 18.2 Å². The van der Waals surface area contributed by atoms with Gasteiger partial charge in [-0.1, -0.05) is 18.2 Å². The van der Waals surface area contributed by atoms with E-state index in [0.29, 0.717) is 0 Å². The standard InChI is InChI=1S/C10H5O/c1-2-4-8-7(3-1)9-5-6-10(8)11-9/h1-3,5-6H. The van der Waals surface area contributed by atoms with Crippen LogP contribution in [0.4, 0.5) is 0 Å². The van der Waals surface area contributed by atoms with Crippen LogP contribution in [0.1, 0.15) is 0 Å². The fraction of sp³-hybridized carbons (Fsp3) is 0. The average Bonchev–Trinajstić information content (AvgIpc) is 2.64. The molecule has 1 aromatic carbocycles. The number of furan rings is 2. The van der Waals surface area contributed by atoms with Gasteiger partial charge >= 0.3 is 0 Å². The van der Waals surface area contributed by atoms with Crippen molar-refractivity contribution in [1.29, 1.82) is 0 Å². The van der Waals surface area contributed by atoms with Gasteiger partial charge in [-0.15, -0.1) is 0 Å². The number of rotatable bonds is 0. The Morgan fingerprint density at radius 3 is 2.91 bits per heavy atom. The van der Waals surface area contributed by atoms with Gasteiger partial charge in [0, 0.05) is 10.8 Å². The summed E-state index contributed by atoms with van der Waals surface area (Å²) in [5, 5.41) is 2.27. The molecule has 2 bridgehead atoms. The summed E-state index contributed by atoms with van der Waals surface area (Å²) in [6, 6.07) is 13.1. The smallest absolute Gasteiger partial charge is 0.136 e. The molecular formula is C10H5O. The van der Waals surface area contributed by atoms with Gasteiger partial charge in [0.15, 0.2) is 0 Å². The molecule has 1 heteroatoms. The highest BCUT2D eigenvalue weighted by Crippen LogP contribution is 2.29. The number of fused-ring (bicyclic) bond motifs is 5. The third-order valence-electron chi connectivity index (χ3n) is 1.97. The predicted molar refractivity (Wildman–Crippen MR) is 43.7 cm³/mol. The Kier molecular flexibility index (Phi) is 0.737. The van der Waals surface area contributed by atoms with Gasteiger partial charge in [-0.3, -0.25) is 0 Å². The molecule has 0 atom stereocenters. The van der Waals surface area contributed by atoms with Crippen molar-refractivity contribution in [3.8, 4) is 0 Å². The molecule has 0 amide bonds. The molecule has 0 N–H and O–H groups in total. The fourth-order valence-electron chi connectivity index (χ4n) is 1.46. The summed E-state index contributed by atoms with van der Waals surface area (Å²) in [5.74, 6) is 0. The van der Waals surface area contributed by atoms with Crippen molar-refractivity contribution >= 4 is 21.9 Å². The van der Waals surface area contributed by atoms with Gasteiger partial charge in [0.25, 0.3) is 0 Å². The summed E-state index contributed by atoms with van der Waals surface area (Å²) >= 11 is 0. The molecule has 0 aliphatic carbocycles. The van der Waals surface area contributed by atoms with Crippen molar-refractivity contribution in [3.05, 3.63) is 36.4 Å². The van der Waals surface area contributed by atoms with Crippen molar-refractivity contribution in [2.75, 3.05) is 0 Å². The lowest BCUT2D eigenvalue weighted by molar-refractivity contribution is 0.679. The van der Waals surface area contributed by atoms with Gasteiger partial charge in [-0.2, -0.15) is 0 Å². The number of hydrogen-bond donors (Lipinski definition) is 0. The van der Waals surface area contributed by atoms with Gasteiger partial charge in [0.1, 0.15) is 11.2 Å². The number of hydrogen-bond acceptors (Lipinski definition) is 1. The van der Waals surface area contributed by atoms with E-state index in [4.69, 9.17) is 4.42 Å². The topological polar surface area (TPSA) is 13.1 Å². The normalized spacial score (nSPS) is 11.6. The second kappa shape index (κ2) is 1.56. The van der Waals surface area contributed by atoms with E-state index in [1.165, 1.54) is 5.39 Å². The minimum atomic E-state index is 0.940. The second-order valence-electron chi connectivity index (χ2n) is 2.62. The average molecular weight is 141 g/mol. The van der Waals surface area contributed by atoms with E-state index < -0.39 is 0 Å². The Balaban J connectivity index is 2.76. The molecule has 3 aromatic rings. The highest BCUT2D eigenvalue weighted by Gasteiger charge is 2.06. The summed E-state index contributed by atoms with van der Waals surface area (Å²) in [6.45, 7) is 0. The van der Waals surface area contributed by atoms with Crippen LogP contribution in [0, 0.1) is 6.07 Å². The van der Waals surface area contributed by atoms with Crippen LogP contribution in [0.15, 0.2) is 34.7 Å². The second-order valence-corrected chi connectivity index (χ2v) is 2.62. The van der Waals surface area contributed by atoms with Crippen LogP contribution in [0.2, 0.25) is 0 Å². The molecule has 0 spiro atoms.